The average molecular weight is 316 g/mol. The summed E-state index contributed by atoms with van der Waals surface area (Å²) in [5.41, 5.74) is 3.61. The maximum atomic E-state index is 12.8. The number of fused-ring (bicyclic) bond motifs is 1. The van der Waals surface area contributed by atoms with Gasteiger partial charge in [-0.25, -0.2) is 0 Å². The predicted octanol–water partition coefficient (Wildman–Crippen LogP) is 4.68. The van der Waals surface area contributed by atoms with Gasteiger partial charge in [-0.1, -0.05) is 60.2 Å². The van der Waals surface area contributed by atoms with Crippen molar-refractivity contribution in [3.63, 3.8) is 0 Å². The minimum atomic E-state index is -0.810. The van der Waals surface area contributed by atoms with Crippen LogP contribution < -0.4 is 0 Å². The molecule has 120 valence electrons. The summed E-state index contributed by atoms with van der Waals surface area (Å²) in [7, 11) is 0. The zero-order valence-electron chi connectivity index (χ0n) is 14.2. The van der Waals surface area contributed by atoms with Crippen molar-refractivity contribution in [2.45, 2.75) is 26.2 Å². The lowest BCUT2D eigenvalue weighted by Crippen LogP contribution is -2.34. The van der Waals surface area contributed by atoms with Gasteiger partial charge in [0.25, 0.3) is 0 Å². The Hall–Kier alpha value is -2.74. The first kappa shape index (κ1) is 16.1. The first-order valence-corrected chi connectivity index (χ1v) is 8.04. The summed E-state index contributed by atoms with van der Waals surface area (Å²) in [6.45, 7) is 5.69. The lowest BCUT2D eigenvalue weighted by atomic mass is 9.70. The Balaban J connectivity index is 1.98. The highest BCUT2D eigenvalue weighted by Gasteiger charge is 2.37. The first-order valence-electron chi connectivity index (χ1n) is 8.04. The second kappa shape index (κ2) is 6.04. The number of rotatable bonds is 3. The van der Waals surface area contributed by atoms with Crippen LogP contribution in [0.4, 0.5) is 0 Å². The van der Waals surface area contributed by atoms with Gasteiger partial charge in [0.05, 0.1) is 5.41 Å². The molecule has 0 spiro atoms. The van der Waals surface area contributed by atoms with Crippen LogP contribution in [-0.4, -0.2) is 11.6 Å². The average Bonchev–Trinajstić information content (AvgIpc) is 2.59. The molecule has 0 fully saturated rings. The Morgan fingerprint density at radius 2 is 1.67 bits per heavy atom. The highest BCUT2D eigenvalue weighted by molar-refractivity contribution is 6.11. The van der Waals surface area contributed by atoms with E-state index in [1.807, 2.05) is 75.4 Å². The van der Waals surface area contributed by atoms with Gasteiger partial charge >= 0.3 is 0 Å². The minimum absolute atomic E-state index is 0.0363. The van der Waals surface area contributed by atoms with E-state index in [2.05, 4.69) is 0 Å². The summed E-state index contributed by atoms with van der Waals surface area (Å²) in [4.78, 5) is 25.2. The second-order valence-corrected chi connectivity index (χ2v) is 6.51. The largest absolute Gasteiger partial charge is 0.293 e. The highest BCUT2D eigenvalue weighted by atomic mass is 16.1. The molecule has 0 saturated heterocycles. The molecule has 3 rings (SSSR count). The van der Waals surface area contributed by atoms with E-state index in [4.69, 9.17) is 0 Å². The van der Waals surface area contributed by atoms with E-state index in [-0.39, 0.29) is 11.6 Å². The SMILES string of the molecule is CC1=Cc2ccccc2[C@@](C)(/C=C\C(=O)c2ccc(C)cc2)C1=O. The van der Waals surface area contributed by atoms with Crippen LogP contribution in [0.3, 0.4) is 0 Å². The van der Waals surface area contributed by atoms with E-state index < -0.39 is 5.41 Å². The predicted molar refractivity (Wildman–Crippen MR) is 97.1 cm³/mol. The van der Waals surface area contributed by atoms with Crippen LogP contribution in [0.5, 0.6) is 0 Å². The lowest BCUT2D eigenvalue weighted by molar-refractivity contribution is -0.118. The summed E-state index contributed by atoms with van der Waals surface area (Å²) >= 11 is 0. The molecular weight excluding hydrogens is 296 g/mol. The summed E-state index contributed by atoms with van der Waals surface area (Å²) in [6, 6.07) is 15.3. The molecule has 0 amide bonds. The van der Waals surface area contributed by atoms with E-state index >= 15 is 0 Å². The smallest absolute Gasteiger partial charge is 0.185 e. The molecule has 0 unspecified atom stereocenters. The topological polar surface area (TPSA) is 34.1 Å². The van der Waals surface area contributed by atoms with Crippen molar-refractivity contribution >= 4 is 17.6 Å². The third-order valence-corrected chi connectivity index (χ3v) is 4.63. The molecule has 0 saturated carbocycles. The fraction of sp³-hybridized carbons (Fsp3) is 0.182. The van der Waals surface area contributed by atoms with Crippen molar-refractivity contribution in [3.8, 4) is 0 Å². The molecule has 2 nitrogen and oxygen atoms in total. The molecule has 24 heavy (non-hydrogen) atoms. The van der Waals surface area contributed by atoms with Gasteiger partial charge in [0.15, 0.2) is 11.6 Å². The third-order valence-electron chi connectivity index (χ3n) is 4.63. The van der Waals surface area contributed by atoms with Crippen molar-refractivity contribution in [1.82, 2.24) is 0 Å². The number of hydrogen-bond donors (Lipinski definition) is 0. The van der Waals surface area contributed by atoms with E-state index in [9.17, 15) is 9.59 Å². The van der Waals surface area contributed by atoms with Gasteiger partial charge in [-0.05, 0) is 49.6 Å². The molecule has 2 aromatic carbocycles. The molecule has 0 N–H and O–H groups in total. The summed E-state index contributed by atoms with van der Waals surface area (Å²) in [6.07, 6.45) is 5.18. The number of hydrogen-bond acceptors (Lipinski definition) is 2. The number of aryl methyl sites for hydroxylation is 1. The van der Waals surface area contributed by atoms with Crippen molar-refractivity contribution in [2.24, 2.45) is 0 Å². The van der Waals surface area contributed by atoms with Gasteiger partial charge in [0.1, 0.15) is 0 Å². The van der Waals surface area contributed by atoms with E-state index in [1.54, 1.807) is 6.08 Å². The Morgan fingerprint density at radius 1 is 1.00 bits per heavy atom. The van der Waals surface area contributed by atoms with Gasteiger partial charge in [-0.3, -0.25) is 9.59 Å². The van der Waals surface area contributed by atoms with E-state index in [0.29, 0.717) is 11.1 Å². The molecular formula is C22H20O2. The first-order chi connectivity index (χ1) is 11.4. The van der Waals surface area contributed by atoms with E-state index in [1.165, 1.54) is 6.08 Å². The summed E-state index contributed by atoms with van der Waals surface area (Å²) < 4.78 is 0. The number of ketones is 2. The van der Waals surface area contributed by atoms with Crippen LogP contribution in [-0.2, 0) is 10.2 Å². The Kier molecular flexibility index (Phi) is 4.06. The fourth-order valence-electron chi connectivity index (χ4n) is 3.15. The molecule has 0 heterocycles. The summed E-state index contributed by atoms with van der Waals surface area (Å²) in [5, 5.41) is 0. The van der Waals surface area contributed by atoms with Gasteiger partial charge in [0.2, 0.25) is 0 Å². The molecule has 1 aliphatic rings. The fourth-order valence-corrected chi connectivity index (χ4v) is 3.15. The molecule has 0 aromatic heterocycles. The standard InChI is InChI=1S/C22H20O2/c1-15-8-10-17(11-9-15)20(23)12-13-22(3)19-7-5-4-6-18(19)14-16(2)21(22)24/h4-14H,1-3H3/b13-12-/t22-/m1/s1. The zero-order valence-corrected chi connectivity index (χ0v) is 14.2. The molecule has 0 bridgehead atoms. The van der Waals surface area contributed by atoms with Crippen molar-refractivity contribution < 1.29 is 9.59 Å². The van der Waals surface area contributed by atoms with E-state index in [0.717, 1.165) is 16.7 Å². The van der Waals surface area contributed by atoms with Crippen molar-refractivity contribution in [1.29, 1.82) is 0 Å². The molecule has 2 heteroatoms. The molecule has 1 aliphatic carbocycles. The van der Waals surface area contributed by atoms with Gasteiger partial charge in [-0.2, -0.15) is 0 Å². The Labute approximate surface area is 142 Å². The van der Waals surface area contributed by atoms with Crippen molar-refractivity contribution in [3.05, 3.63) is 88.5 Å². The number of Topliss-reactive ketones (excluding diaryl/α,β-unsaturated/α-hetero) is 1. The quantitative estimate of drug-likeness (QED) is 0.609. The number of carbonyl (C=O) groups excluding carboxylic acids is 2. The molecule has 1 atom stereocenters. The second-order valence-electron chi connectivity index (χ2n) is 6.51. The normalized spacial score (nSPS) is 20.0. The van der Waals surface area contributed by atoms with Gasteiger partial charge in [0, 0.05) is 5.56 Å². The highest BCUT2D eigenvalue weighted by Crippen LogP contribution is 2.37. The van der Waals surface area contributed by atoms with Crippen LogP contribution in [0.15, 0.2) is 66.3 Å². The molecule has 0 radical (unpaired) electrons. The molecule has 0 aliphatic heterocycles. The third kappa shape index (κ3) is 2.76. The monoisotopic (exact) mass is 316 g/mol. The van der Waals surface area contributed by atoms with Crippen LogP contribution in [0.2, 0.25) is 0 Å². The maximum Gasteiger partial charge on any atom is 0.185 e. The number of allylic oxidation sites excluding steroid dienone is 3. The zero-order chi connectivity index (χ0) is 17.3. The number of benzene rings is 2. The number of carbonyl (C=O) groups is 2. The van der Waals surface area contributed by atoms with Gasteiger partial charge < -0.3 is 0 Å². The maximum absolute atomic E-state index is 12.8. The summed E-state index contributed by atoms with van der Waals surface area (Å²) in [5.74, 6) is -0.0529. The van der Waals surface area contributed by atoms with Crippen LogP contribution in [0.25, 0.3) is 6.08 Å². The lowest BCUT2D eigenvalue weighted by Gasteiger charge is -2.31. The van der Waals surface area contributed by atoms with Crippen LogP contribution in [0.1, 0.15) is 40.9 Å². The minimum Gasteiger partial charge on any atom is -0.293 e. The Bertz CT molecular complexity index is 869. The van der Waals surface area contributed by atoms with Crippen LogP contribution >= 0.6 is 0 Å². The molecule has 2 aromatic rings. The van der Waals surface area contributed by atoms with Gasteiger partial charge in [-0.15, -0.1) is 0 Å². The van der Waals surface area contributed by atoms with Crippen molar-refractivity contribution in [2.75, 3.05) is 0 Å². The Morgan fingerprint density at radius 3 is 2.38 bits per heavy atom. The van der Waals surface area contributed by atoms with Crippen LogP contribution in [0, 0.1) is 6.92 Å².